The van der Waals surface area contributed by atoms with E-state index in [2.05, 4.69) is 0 Å². The minimum atomic E-state index is -3.33. The van der Waals surface area contributed by atoms with Crippen molar-refractivity contribution in [1.82, 2.24) is 4.67 Å². The third-order valence-corrected chi connectivity index (χ3v) is 7.11. The Labute approximate surface area is 153 Å². The maximum atomic E-state index is 14.0. The molecule has 3 rings (SSSR count). The van der Waals surface area contributed by atoms with Gasteiger partial charge in [-0.3, -0.25) is 9.24 Å². The van der Waals surface area contributed by atoms with Gasteiger partial charge in [0.05, 0.1) is 0 Å². The second kappa shape index (κ2) is 8.03. The maximum absolute atomic E-state index is 14.0. The maximum Gasteiger partial charge on any atom is 0.415 e. The summed E-state index contributed by atoms with van der Waals surface area (Å²) in [4.78, 5) is 12.6. The van der Waals surface area contributed by atoms with Gasteiger partial charge in [-0.1, -0.05) is 66.7 Å². The number of ether oxygens (including phenoxy) is 1. The topological polar surface area (TPSA) is 46.6 Å². The molecule has 0 saturated heterocycles. The summed E-state index contributed by atoms with van der Waals surface area (Å²) in [6, 6.07) is 27.5. The Balaban J connectivity index is 1.89. The molecule has 0 heterocycles. The summed E-state index contributed by atoms with van der Waals surface area (Å²) < 4.78 is 20.6. The molecule has 0 unspecified atom stereocenters. The van der Waals surface area contributed by atoms with Crippen LogP contribution in [0.15, 0.2) is 91.0 Å². The first-order chi connectivity index (χ1) is 12.6. The Hall–Kier alpha value is -2.84. The van der Waals surface area contributed by atoms with Crippen LogP contribution in [0.25, 0.3) is 0 Å². The van der Waals surface area contributed by atoms with Crippen LogP contribution in [0.4, 0.5) is 4.79 Å². The van der Waals surface area contributed by atoms with E-state index in [9.17, 15) is 9.36 Å². The van der Waals surface area contributed by atoms with Crippen molar-refractivity contribution >= 4 is 24.0 Å². The number of hydrogen-bond donors (Lipinski definition) is 0. The van der Waals surface area contributed by atoms with Gasteiger partial charge in [-0.15, -0.1) is 0 Å². The molecule has 3 aromatic rings. The molecule has 5 heteroatoms. The zero-order valence-electron chi connectivity index (χ0n) is 14.5. The van der Waals surface area contributed by atoms with Gasteiger partial charge in [-0.25, -0.2) is 4.79 Å². The highest BCUT2D eigenvalue weighted by Crippen LogP contribution is 2.46. The summed E-state index contributed by atoms with van der Waals surface area (Å²) in [6.45, 7) is 0.133. The molecule has 0 aromatic heterocycles. The van der Waals surface area contributed by atoms with Crippen molar-refractivity contribution < 1.29 is 14.1 Å². The zero-order valence-corrected chi connectivity index (χ0v) is 15.4. The van der Waals surface area contributed by atoms with Gasteiger partial charge in [0.1, 0.15) is 6.61 Å². The molecule has 132 valence electrons. The van der Waals surface area contributed by atoms with Crippen LogP contribution in [-0.2, 0) is 15.9 Å². The van der Waals surface area contributed by atoms with Crippen LogP contribution in [0.2, 0.25) is 0 Å². The van der Waals surface area contributed by atoms with Crippen molar-refractivity contribution in [1.29, 1.82) is 0 Å². The predicted molar refractivity (Wildman–Crippen MR) is 104 cm³/mol. The fourth-order valence-corrected chi connectivity index (χ4v) is 5.11. The molecular formula is C21H20NO3P. The van der Waals surface area contributed by atoms with E-state index >= 15 is 0 Å². The minimum Gasteiger partial charge on any atom is -0.444 e. The summed E-state index contributed by atoms with van der Waals surface area (Å²) in [5.41, 5.74) is 0.878. The van der Waals surface area contributed by atoms with Crippen LogP contribution in [0.1, 0.15) is 5.56 Å². The van der Waals surface area contributed by atoms with E-state index in [-0.39, 0.29) is 6.61 Å². The van der Waals surface area contributed by atoms with Crippen LogP contribution in [-0.4, -0.2) is 17.8 Å². The molecule has 26 heavy (non-hydrogen) atoms. The van der Waals surface area contributed by atoms with Gasteiger partial charge in [-0.05, 0) is 29.8 Å². The van der Waals surface area contributed by atoms with Crippen molar-refractivity contribution in [3.05, 3.63) is 96.6 Å². The molecule has 1 amide bonds. The van der Waals surface area contributed by atoms with Gasteiger partial charge in [0, 0.05) is 17.7 Å². The molecule has 0 fully saturated rings. The first-order valence-electron chi connectivity index (χ1n) is 8.28. The van der Waals surface area contributed by atoms with Crippen molar-refractivity contribution in [2.24, 2.45) is 0 Å². The Morgan fingerprint density at radius 1 is 0.808 bits per heavy atom. The lowest BCUT2D eigenvalue weighted by molar-refractivity contribution is 0.124. The number of carbonyl (C=O) groups excluding carboxylic acids is 1. The van der Waals surface area contributed by atoms with Crippen LogP contribution in [0.5, 0.6) is 0 Å². The SMILES string of the molecule is CN(C(=O)OCc1ccccc1)P(=O)(c1ccccc1)c1ccccc1. The largest absolute Gasteiger partial charge is 0.444 e. The standard InChI is InChI=1S/C21H20NO3P/c1-22(21(23)25-17-18-11-5-2-6-12-18)26(24,19-13-7-3-8-14-19)20-15-9-4-10-16-20/h2-16H,17H2,1H3. The number of benzene rings is 3. The van der Waals surface area contributed by atoms with Crippen LogP contribution in [0, 0.1) is 0 Å². The quantitative estimate of drug-likeness (QED) is 0.637. The van der Waals surface area contributed by atoms with Crippen LogP contribution >= 0.6 is 7.29 Å². The molecule has 0 aliphatic carbocycles. The van der Waals surface area contributed by atoms with E-state index in [1.54, 1.807) is 24.3 Å². The van der Waals surface area contributed by atoms with Gasteiger partial charge in [0.2, 0.25) is 7.29 Å². The second-order valence-electron chi connectivity index (χ2n) is 5.81. The summed E-state index contributed by atoms with van der Waals surface area (Å²) in [5.74, 6) is 0. The van der Waals surface area contributed by atoms with Gasteiger partial charge in [0.25, 0.3) is 0 Å². The number of amides is 1. The molecule has 0 N–H and O–H groups in total. The molecule has 0 aliphatic rings. The van der Waals surface area contributed by atoms with Gasteiger partial charge in [-0.2, -0.15) is 0 Å². The van der Waals surface area contributed by atoms with E-state index < -0.39 is 13.4 Å². The van der Waals surface area contributed by atoms with Crippen molar-refractivity contribution in [2.75, 3.05) is 7.05 Å². The molecule has 0 spiro atoms. The smallest absolute Gasteiger partial charge is 0.415 e. The Bertz CT molecular complexity index is 855. The Morgan fingerprint density at radius 2 is 1.23 bits per heavy atom. The monoisotopic (exact) mass is 365 g/mol. The highest BCUT2D eigenvalue weighted by molar-refractivity contribution is 7.77. The second-order valence-corrected chi connectivity index (χ2v) is 8.60. The lowest BCUT2D eigenvalue weighted by Crippen LogP contribution is -2.34. The van der Waals surface area contributed by atoms with Crippen LogP contribution < -0.4 is 10.6 Å². The first-order valence-corrected chi connectivity index (χ1v) is 9.94. The third kappa shape index (κ3) is 3.71. The van der Waals surface area contributed by atoms with Crippen molar-refractivity contribution in [2.45, 2.75) is 6.61 Å². The molecular weight excluding hydrogens is 345 g/mol. The van der Waals surface area contributed by atoms with Crippen LogP contribution in [0.3, 0.4) is 0 Å². The van der Waals surface area contributed by atoms with E-state index in [1.807, 2.05) is 66.7 Å². The van der Waals surface area contributed by atoms with E-state index in [4.69, 9.17) is 4.74 Å². The minimum absolute atomic E-state index is 0.133. The van der Waals surface area contributed by atoms with Crippen molar-refractivity contribution in [3.63, 3.8) is 0 Å². The van der Waals surface area contributed by atoms with E-state index in [1.165, 1.54) is 11.7 Å². The van der Waals surface area contributed by atoms with E-state index in [0.29, 0.717) is 10.6 Å². The Morgan fingerprint density at radius 3 is 1.69 bits per heavy atom. The summed E-state index contributed by atoms with van der Waals surface area (Å²) in [5, 5.41) is 1.18. The summed E-state index contributed by atoms with van der Waals surface area (Å²) >= 11 is 0. The lowest BCUT2D eigenvalue weighted by atomic mass is 10.2. The average molecular weight is 365 g/mol. The first kappa shape index (κ1) is 18.0. The molecule has 0 radical (unpaired) electrons. The van der Waals surface area contributed by atoms with Gasteiger partial charge < -0.3 is 4.74 Å². The summed E-state index contributed by atoms with van der Waals surface area (Å²) in [6.07, 6.45) is -0.620. The molecule has 0 aliphatic heterocycles. The number of carbonyl (C=O) groups is 1. The average Bonchev–Trinajstić information content (AvgIpc) is 2.73. The third-order valence-electron chi connectivity index (χ3n) is 4.10. The number of hydrogen-bond acceptors (Lipinski definition) is 3. The molecule has 0 atom stereocenters. The van der Waals surface area contributed by atoms with Gasteiger partial charge >= 0.3 is 6.09 Å². The Kier molecular flexibility index (Phi) is 5.55. The normalized spacial score (nSPS) is 11.0. The highest BCUT2D eigenvalue weighted by atomic mass is 31.2. The lowest BCUT2D eigenvalue weighted by Gasteiger charge is -2.28. The molecule has 3 aromatic carbocycles. The molecule has 4 nitrogen and oxygen atoms in total. The van der Waals surface area contributed by atoms with Crippen molar-refractivity contribution in [3.8, 4) is 0 Å². The van der Waals surface area contributed by atoms with Gasteiger partial charge in [0.15, 0.2) is 0 Å². The predicted octanol–water partition coefficient (Wildman–Crippen LogP) is 4.18. The number of nitrogens with zero attached hydrogens (tertiary/aromatic N) is 1. The summed E-state index contributed by atoms with van der Waals surface area (Å²) in [7, 11) is -1.81. The fourth-order valence-electron chi connectivity index (χ4n) is 2.68. The number of rotatable bonds is 5. The molecule has 0 saturated carbocycles. The molecule has 0 bridgehead atoms. The highest BCUT2D eigenvalue weighted by Gasteiger charge is 2.36. The zero-order chi connectivity index (χ0) is 18.4. The van der Waals surface area contributed by atoms with E-state index in [0.717, 1.165) is 5.56 Å². The fraction of sp³-hybridized carbons (Fsp3) is 0.0952.